The Kier molecular flexibility index (Phi) is 4.15. The number of aryl methyl sites for hydroxylation is 1. The van der Waals surface area contributed by atoms with Crippen LogP contribution >= 0.6 is 22.6 Å². The van der Waals surface area contributed by atoms with E-state index in [-0.39, 0.29) is 5.41 Å². The molecule has 1 aliphatic carbocycles. The van der Waals surface area contributed by atoms with Gasteiger partial charge in [0.2, 0.25) is 0 Å². The summed E-state index contributed by atoms with van der Waals surface area (Å²) in [5.74, 6) is 1.55. The third kappa shape index (κ3) is 2.54. The highest BCUT2D eigenvalue weighted by Gasteiger charge is 2.43. The second-order valence-electron chi connectivity index (χ2n) is 5.74. The summed E-state index contributed by atoms with van der Waals surface area (Å²) in [6.45, 7) is 2.17. The first-order chi connectivity index (χ1) is 10.2. The highest BCUT2D eigenvalue weighted by atomic mass is 127. The maximum atomic E-state index is 6.15. The number of aromatic nitrogens is 2. The molecule has 2 aromatic rings. The lowest BCUT2D eigenvalue weighted by Crippen LogP contribution is -2.38. The number of nitrogen functional groups attached to an aromatic ring is 1. The molecule has 0 amide bonds. The van der Waals surface area contributed by atoms with E-state index in [0.29, 0.717) is 5.82 Å². The van der Waals surface area contributed by atoms with Crippen LogP contribution in [0.25, 0.3) is 0 Å². The molecule has 1 heterocycles. The number of nitrogens with two attached hydrogens (primary N) is 1. The molecule has 1 aromatic carbocycles. The van der Waals surface area contributed by atoms with Crippen LogP contribution in [0.5, 0.6) is 0 Å². The molecule has 1 fully saturated rings. The number of benzene rings is 1. The highest BCUT2D eigenvalue weighted by molar-refractivity contribution is 14.1. The van der Waals surface area contributed by atoms with E-state index in [1.165, 1.54) is 12.0 Å². The molecule has 3 nitrogen and oxygen atoms in total. The Morgan fingerprint density at radius 3 is 2.48 bits per heavy atom. The largest absolute Gasteiger partial charge is 0.383 e. The predicted octanol–water partition coefficient (Wildman–Crippen LogP) is 4.09. The van der Waals surface area contributed by atoms with Crippen LogP contribution < -0.4 is 5.73 Å². The van der Waals surface area contributed by atoms with Crippen LogP contribution in [0, 0.1) is 3.57 Å². The molecule has 3 rings (SSSR count). The molecule has 0 radical (unpaired) electrons. The molecule has 2 N–H and O–H groups in total. The van der Waals surface area contributed by atoms with Gasteiger partial charge in [-0.1, -0.05) is 50.1 Å². The lowest BCUT2D eigenvalue weighted by atomic mass is 9.64. The molecule has 0 aliphatic heterocycles. The lowest BCUT2D eigenvalue weighted by molar-refractivity contribution is 0.284. The van der Waals surface area contributed by atoms with E-state index in [0.717, 1.165) is 40.8 Å². The van der Waals surface area contributed by atoms with Crippen molar-refractivity contribution < 1.29 is 0 Å². The molecular weight excluding hydrogens is 373 g/mol. The first-order valence-electron chi connectivity index (χ1n) is 7.55. The van der Waals surface area contributed by atoms with Crippen molar-refractivity contribution >= 4 is 28.4 Å². The number of nitrogens with zero attached hydrogens (tertiary/aromatic N) is 2. The van der Waals surface area contributed by atoms with Crippen molar-refractivity contribution in [2.24, 2.45) is 0 Å². The van der Waals surface area contributed by atoms with E-state index < -0.39 is 0 Å². The molecule has 0 unspecified atom stereocenters. The minimum atomic E-state index is -0.0256. The van der Waals surface area contributed by atoms with Crippen molar-refractivity contribution in [2.45, 2.75) is 44.4 Å². The summed E-state index contributed by atoms with van der Waals surface area (Å²) in [6.07, 6.45) is 5.49. The first kappa shape index (κ1) is 14.8. The standard InChI is InChI=1S/C17H20IN3/c1-2-7-13-14(18)15(19)21-16(20-13)17(10-6-11-17)12-8-4-3-5-9-12/h3-5,8-9H,2,6-7,10-11H2,1H3,(H2,19,20,21). The highest BCUT2D eigenvalue weighted by Crippen LogP contribution is 2.47. The molecule has 1 aliphatic rings. The van der Waals surface area contributed by atoms with E-state index in [2.05, 4.69) is 64.8 Å². The van der Waals surface area contributed by atoms with Gasteiger partial charge in [0.1, 0.15) is 11.6 Å². The van der Waals surface area contributed by atoms with Crippen LogP contribution in [0.15, 0.2) is 30.3 Å². The minimum Gasteiger partial charge on any atom is -0.383 e. The molecule has 0 bridgehead atoms. The van der Waals surface area contributed by atoms with Crippen LogP contribution in [-0.2, 0) is 11.8 Å². The zero-order chi connectivity index (χ0) is 14.9. The Hall–Kier alpha value is -1.17. The molecule has 0 atom stereocenters. The number of halogens is 1. The quantitative estimate of drug-likeness (QED) is 0.797. The van der Waals surface area contributed by atoms with Gasteiger partial charge in [-0.25, -0.2) is 9.97 Å². The zero-order valence-corrected chi connectivity index (χ0v) is 14.4. The number of anilines is 1. The molecule has 1 saturated carbocycles. The second-order valence-corrected chi connectivity index (χ2v) is 6.82. The Morgan fingerprint density at radius 2 is 1.90 bits per heavy atom. The normalized spacial score (nSPS) is 16.5. The molecule has 0 saturated heterocycles. The van der Waals surface area contributed by atoms with Gasteiger partial charge in [-0.2, -0.15) is 0 Å². The Balaban J connectivity index is 2.10. The number of hydrogen-bond acceptors (Lipinski definition) is 3. The smallest absolute Gasteiger partial charge is 0.141 e. The van der Waals surface area contributed by atoms with Gasteiger partial charge in [-0.15, -0.1) is 0 Å². The Labute approximate surface area is 139 Å². The van der Waals surface area contributed by atoms with E-state index in [4.69, 9.17) is 10.7 Å². The second kappa shape index (κ2) is 5.91. The zero-order valence-electron chi connectivity index (χ0n) is 12.3. The summed E-state index contributed by atoms with van der Waals surface area (Å²) in [4.78, 5) is 9.54. The summed E-state index contributed by atoms with van der Waals surface area (Å²) in [5, 5.41) is 0. The molecule has 0 spiro atoms. The van der Waals surface area contributed by atoms with E-state index >= 15 is 0 Å². The third-order valence-corrected chi connectivity index (χ3v) is 5.57. The first-order valence-corrected chi connectivity index (χ1v) is 8.63. The predicted molar refractivity (Wildman–Crippen MR) is 94.2 cm³/mol. The van der Waals surface area contributed by atoms with E-state index in [1.54, 1.807) is 0 Å². The summed E-state index contributed by atoms with van der Waals surface area (Å²) < 4.78 is 1.01. The molecule has 1 aromatic heterocycles. The molecule has 21 heavy (non-hydrogen) atoms. The van der Waals surface area contributed by atoms with E-state index in [1.807, 2.05) is 0 Å². The summed E-state index contributed by atoms with van der Waals surface area (Å²) in [7, 11) is 0. The van der Waals surface area contributed by atoms with Crippen LogP contribution in [-0.4, -0.2) is 9.97 Å². The van der Waals surface area contributed by atoms with Crippen molar-refractivity contribution in [3.8, 4) is 0 Å². The van der Waals surface area contributed by atoms with Crippen LogP contribution in [0.3, 0.4) is 0 Å². The summed E-state index contributed by atoms with van der Waals surface area (Å²) in [6, 6.07) is 10.6. The van der Waals surface area contributed by atoms with Gasteiger partial charge in [0.05, 0.1) is 14.7 Å². The van der Waals surface area contributed by atoms with E-state index in [9.17, 15) is 0 Å². The maximum Gasteiger partial charge on any atom is 0.141 e. The average molecular weight is 393 g/mol. The lowest BCUT2D eigenvalue weighted by Gasteiger charge is -2.41. The van der Waals surface area contributed by atoms with Crippen molar-refractivity contribution in [3.05, 3.63) is 51.0 Å². The van der Waals surface area contributed by atoms with Crippen LogP contribution in [0.2, 0.25) is 0 Å². The SMILES string of the molecule is CCCc1nc(C2(c3ccccc3)CCC2)nc(N)c1I. The Bertz CT molecular complexity index is 636. The molecule has 4 heteroatoms. The average Bonchev–Trinajstić information content (AvgIpc) is 2.44. The molecular formula is C17H20IN3. The van der Waals surface area contributed by atoms with Gasteiger partial charge in [0, 0.05) is 0 Å². The topological polar surface area (TPSA) is 51.8 Å². The number of rotatable bonds is 4. The number of hydrogen-bond donors (Lipinski definition) is 1. The fourth-order valence-corrected chi connectivity index (χ4v) is 3.57. The van der Waals surface area contributed by atoms with Gasteiger partial charge in [-0.05, 0) is 47.4 Å². The van der Waals surface area contributed by atoms with Crippen molar-refractivity contribution in [3.63, 3.8) is 0 Å². The van der Waals surface area contributed by atoms with Gasteiger partial charge < -0.3 is 5.73 Å². The van der Waals surface area contributed by atoms with Crippen molar-refractivity contribution in [1.29, 1.82) is 0 Å². The summed E-state index contributed by atoms with van der Waals surface area (Å²) in [5.41, 5.74) is 8.54. The van der Waals surface area contributed by atoms with Crippen LogP contribution in [0.4, 0.5) is 5.82 Å². The van der Waals surface area contributed by atoms with Crippen molar-refractivity contribution in [2.75, 3.05) is 5.73 Å². The van der Waals surface area contributed by atoms with Gasteiger partial charge in [0.25, 0.3) is 0 Å². The minimum absolute atomic E-state index is 0.0256. The monoisotopic (exact) mass is 393 g/mol. The van der Waals surface area contributed by atoms with Crippen LogP contribution in [0.1, 0.15) is 49.7 Å². The Morgan fingerprint density at radius 1 is 1.19 bits per heavy atom. The van der Waals surface area contributed by atoms with Gasteiger partial charge in [0.15, 0.2) is 0 Å². The fourth-order valence-electron chi connectivity index (χ4n) is 3.06. The van der Waals surface area contributed by atoms with Gasteiger partial charge in [-0.3, -0.25) is 0 Å². The van der Waals surface area contributed by atoms with Gasteiger partial charge >= 0.3 is 0 Å². The summed E-state index contributed by atoms with van der Waals surface area (Å²) >= 11 is 2.27. The fraction of sp³-hybridized carbons (Fsp3) is 0.412. The third-order valence-electron chi connectivity index (χ3n) is 4.39. The molecule has 110 valence electrons. The van der Waals surface area contributed by atoms with Crippen molar-refractivity contribution in [1.82, 2.24) is 9.97 Å². The maximum absolute atomic E-state index is 6.15.